The Bertz CT molecular complexity index is 1170. The molecule has 0 radical (unpaired) electrons. The Kier molecular flexibility index (Phi) is 5.09. The molecule has 1 aromatic carbocycles. The van der Waals surface area contributed by atoms with E-state index in [0.717, 1.165) is 22.8 Å². The third-order valence-electron chi connectivity index (χ3n) is 6.20. The Labute approximate surface area is 187 Å². The molecule has 1 saturated heterocycles. The molecule has 2 amide bonds. The van der Waals surface area contributed by atoms with Crippen LogP contribution in [0.5, 0.6) is 0 Å². The number of allylic oxidation sites excluding steroid dienone is 3. The molecule has 5 rings (SSSR count). The Morgan fingerprint density at radius 2 is 1.59 bits per heavy atom. The first-order chi connectivity index (χ1) is 15.5. The van der Waals surface area contributed by atoms with Gasteiger partial charge in [-0.3, -0.25) is 9.59 Å². The second kappa shape index (κ2) is 8.07. The number of aryl methyl sites for hydroxylation is 2. The summed E-state index contributed by atoms with van der Waals surface area (Å²) in [6, 6.07) is 11.9. The number of hydrogen-bond acceptors (Lipinski definition) is 4. The number of carbonyl (C=O) groups is 2. The van der Waals surface area contributed by atoms with E-state index in [9.17, 15) is 9.59 Å². The highest BCUT2D eigenvalue weighted by molar-refractivity contribution is 6.21. The lowest BCUT2D eigenvalue weighted by Gasteiger charge is -2.36. The minimum Gasteiger partial charge on any atom is -0.337 e. The number of fused-ring (bicyclic) bond motifs is 1. The first-order valence-corrected chi connectivity index (χ1v) is 10.9. The number of amides is 2. The molecule has 3 aliphatic rings. The third kappa shape index (κ3) is 3.60. The Morgan fingerprint density at radius 3 is 2.28 bits per heavy atom. The molecule has 3 heterocycles. The Balaban J connectivity index is 1.24. The fourth-order valence-electron chi connectivity index (χ4n) is 4.42. The average molecular weight is 428 g/mol. The van der Waals surface area contributed by atoms with E-state index in [-0.39, 0.29) is 17.7 Å². The van der Waals surface area contributed by atoms with Gasteiger partial charge in [0.25, 0.3) is 11.8 Å². The number of carbonyl (C=O) groups excluding carboxylic acids is 2. The first kappa shape index (κ1) is 20.2. The quantitative estimate of drug-likeness (QED) is 0.740. The summed E-state index contributed by atoms with van der Waals surface area (Å²) in [5, 5.41) is 0. The molecule has 1 unspecified atom stereocenters. The summed E-state index contributed by atoms with van der Waals surface area (Å²) < 4.78 is 2.17. The number of aromatic nitrogens is 1. The molecule has 1 fully saturated rings. The van der Waals surface area contributed by atoms with Crippen molar-refractivity contribution in [1.82, 2.24) is 14.4 Å². The van der Waals surface area contributed by atoms with Crippen molar-refractivity contribution in [3.63, 3.8) is 0 Å². The van der Waals surface area contributed by atoms with E-state index in [1.165, 1.54) is 0 Å². The molecule has 32 heavy (non-hydrogen) atoms. The van der Waals surface area contributed by atoms with Crippen molar-refractivity contribution in [1.29, 1.82) is 0 Å². The van der Waals surface area contributed by atoms with Crippen LogP contribution in [0.3, 0.4) is 0 Å². The number of guanidine groups is 1. The van der Waals surface area contributed by atoms with Crippen molar-refractivity contribution < 1.29 is 9.59 Å². The van der Waals surface area contributed by atoms with Gasteiger partial charge in [-0.1, -0.05) is 18.2 Å². The molecule has 2 aliphatic heterocycles. The van der Waals surface area contributed by atoms with Crippen molar-refractivity contribution in [2.24, 2.45) is 15.9 Å². The Hall–Kier alpha value is -3.74. The molecule has 0 bridgehead atoms. The summed E-state index contributed by atoms with van der Waals surface area (Å²) in [7, 11) is 0. The maximum atomic E-state index is 13.0. The topological polar surface area (TPSA) is 70.3 Å². The largest absolute Gasteiger partial charge is 0.337 e. The van der Waals surface area contributed by atoms with Gasteiger partial charge in [-0.05, 0) is 56.3 Å². The summed E-state index contributed by atoms with van der Waals surface area (Å²) in [5.41, 5.74) is 4.79. The standard InChI is InChI=1S/C25H25N5O2/c1-17-7-8-18(2)30(17)20-11-9-19(10-12-20)24(32)28-13-15-29(16-14-28)25-26-22-6-4-3-5-21(22)23(31)27-25/h3-12,21H,13-16H2,1-2H3. The van der Waals surface area contributed by atoms with Crippen LogP contribution in [0, 0.1) is 19.8 Å². The van der Waals surface area contributed by atoms with Gasteiger partial charge in [0.2, 0.25) is 5.96 Å². The second-order valence-corrected chi connectivity index (χ2v) is 8.29. The van der Waals surface area contributed by atoms with Gasteiger partial charge in [0.15, 0.2) is 0 Å². The van der Waals surface area contributed by atoms with E-state index in [2.05, 4.69) is 40.5 Å². The van der Waals surface area contributed by atoms with Gasteiger partial charge in [0, 0.05) is 48.8 Å². The highest BCUT2D eigenvalue weighted by Gasteiger charge is 2.30. The van der Waals surface area contributed by atoms with Gasteiger partial charge in [0.1, 0.15) is 5.92 Å². The summed E-state index contributed by atoms with van der Waals surface area (Å²) in [4.78, 5) is 38.0. The highest BCUT2D eigenvalue weighted by atomic mass is 16.2. The average Bonchev–Trinajstić information content (AvgIpc) is 3.16. The second-order valence-electron chi connectivity index (χ2n) is 8.29. The molecule has 1 aliphatic carbocycles. The normalized spacial score (nSPS) is 20.2. The fraction of sp³-hybridized carbons (Fsp3) is 0.280. The molecule has 2 aromatic rings. The monoisotopic (exact) mass is 427 g/mol. The van der Waals surface area contributed by atoms with Crippen LogP contribution in [0.1, 0.15) is 21.7 Å². The van der Waals surface area contributed by atoms with E-state index >= 15 is 0 Å². The van der Waals surface area contributed by atoms with E-state index in [1.54, 1.807) is 0 Å². The van der Waals surface area contributed by atoms with Gasteiger partial charge in [-0.2, -0.15) is 4.99 Å². The van der Waals surface area contributed by atoms with E-state index < -0.39 is 0 Å². The van der Waals surface area contributed by atoms with Crippen LogP contribution in [0.25, 0.3) is 5.69 Å². The summed E-state index contributed by atoms with van der Waals surface area (Å²) in [6.45, 7) is 6.46. The van der Waals surface area contributed by atoms with Crippen molar-refractivity contribution in [3.8, 4) is 5.69 Å². The lowest BCUT2D eigenvalue weighted by atomic mass is 9.97. The molecule has 1 aromatic heterocycles. The van der Waals surface area contributed by atoms with E-state index in [4.69, 9.17) is 0 Å². The van der Waals surface area contributed by atoms with Gasteiger partial charge in [-0.15, -0.1) is 0 Å². The molecular formula is C25H25N5O2. The summed E-state index contributed by atoms with van der Waals surface area (Å²) in [6.07, 6.45) is 7.41. The zero-order valence-electron chi connectivity index (χ0n) is 18.2. The van der Waals surface area contributed by atoms with Crippen molar-refractivity contribution >= 4 is 23.5 Å². The van der Waals surface area contributed by atoms with Crippen LogP contribution in [0.2, 0.25) is 0 Å². The zero-order valence-corrected chi connectivity index (χ0v) is 18.2. The van der Waals surface area contributed by atoms with Gasteiger partial charge in [-0.25, -0.2) is 4.99 Å². The van der Waals surface area contributed by atoms with Crippen LogP contribution >= 0.6 is 0 Å². The Morgan fingerprint density at radius 1 is 0.906 bits per heavy atom. The third-order valence-corrected chi connectivity index (χ3v) is 6.20. The van der Waals surface area contributed by atoms with Crippen molar-refractivity contribution in [3.05, 3.63) is 77.7 Å². The van der Waals surface area contributed by atoms with E-state index in [1.807, 2.05) is 58.4 Å². The molecule has 7 nitrogen and oxygen atoms in total. The summed E-state index contributed by atoms with van der Waals surface area (Å²) in [5.74, 6) is -0.0771. The maximum absolute atomic E-state index is 13.0. The number of aliphatic imine (C=N–C) groups is 2. The lowest BCUT2D eigenvalue weighted by Crippen LogP contribution is -2.51. The van der Waals surface area contributed by atoms with Crippen LogP contribution in [0.15, 0.2) is 70.7 Å². The number of rotatable bonds is 2. The molecule has 0 N–H and O–H groups in total. The van der Waals surface area contributed by atoms with Crippen LogP contribution in [-0.2, 0) is 4.79 Å². The first-order valence-electron chi connectivity index (χ1n) is 10.9. The number of nitrogens with zero attached hydrogens (tertiary/aromatic N) is 5. The number of piperazine rings is 1. The van der Waals surface area contributed by atoms with Crippen molar-refractivity contribution in [2.45, 2.75) is 13.8 Å². The van der Waals surface area contributed by atoms with Crippen LogP contribution in [-0.4, -0.2) is 64.0 Å². The molecular weight excluding hydrogens is 402 g/mol. The fourth-order valence-corrected chi connectivity index (χ4v) is 4.42. The lowest BCUT2D eigenvalue weighted by molar-refractivity contribution is -0.118. The minimum atomic E-state index is -0.367. The van der Waals surface area contributed by atoms with Crippen LogP contribution < -0.4 is 0 Å². The highest BCUT2D eigenvalue weighted by Crippen LogP contribution is 2.20. The smallest absolute Gasteiger partial charge is 0.261 e. The minimum absolute atomic E-state index is 0.0190. The van der Waals surface area contributed by atoms with Gasteiger partial charge >= 0.3 is 0 Å². The van der Waals surface area contributed by atoms with Crippen LogP contribution in [0.4, 0.5) is 0 Å². The number of benzene rings is 1. The predicted octanol–water partition coefficient (Wildman–Crippen LogP) is 2.93. The van der Waals surface area contributed by atoms with E-state index in [0.29, 0.717) is 37.7 Å². The maximum Gasteiger partial charge on any atom is 0.261 e. The molecule has 0 spiro atoms. The van der Waals surface area contributed by atoms with Crippen molar-refractivity contribution in [2.75, 3.05) is 26.2 Å². The molecule has 0 saturated carbocycles. The molecule has 162 valence electrons. The molecule has 1 atom stereocenters. The SMILES string of the molecule is Cc1ccc(C)n1-c1ccc(C(=O)N2CCN(C3=NC(=O)C4C=CC=CC4=N3)CC2)cc1. The zero-order chi connectivity index (χ0) is 22.2. The van der Waals surface area contributed by atoms with Gasteiger partial charge in [0.05, 0.1) is 5.71 Å². The number of hydrogen-bond donors (Lipinski definition) is 0. The van der Waals surface area contributed by atoms with Gasteiger partial charge < -0.3 is 14.4 Å². The molecule has 7 heteroatoms. The predicted molar refractivity (Wildman–Crippen MR) is 124 cm³/mol. The summed E-state index contributed by atoms with van der Waals surface area (Å²) >= 11 is 0.